The summed E-state index contributed by atoms with van der Waals surface area (Å²) in [6, 6.07) is 9.67. The summed E-state index contributed by atoms with van der Waals surface area (Å²) in [4.78, 5) is 4.16. The molecule has 0 atom stereocenters. The van der Waals surface area contributed by atoms with Crippen LogP contribution in [0.25, 0.3) is 5.65 Å². The third kappa shape index (κ3) is 2.23. The minimum absolute atomic E-state index is 0.0372. The van der Waals surface area contributed by atoms with E-state index in [1.165, 1.54) is 12.1 Å². The first-order valence-electron chi connectivity index (χ1n) is 5.77. The lowest BCUT2D eigenvalue weighted by molar-refractivity contribution is 0.601. The van der Waals surface area contributed by atoms with Gasteiger partial charge in [-0.1, -0.05) is 23.7 Å². The number of hydrogen-bond acceptors (Lipinski definition) is 3. The Bertz CT molecular complexity index is 874. The third-order valence-electron chi connectivity index (χ3n) is 2.79. The second kappa shape index (κ2) is 4.81. The predicted molar refractivity (Wildman–Crippen MR) is 77.5 cm³/mol. The average molecular weight is 308 g/mol. The normalized spacial score (nSPS) is 11.7. The molecular formula is C13H10ClN3O2S. The van der Waals surface area contributed by atoms with Crippen LogP contribution < -0.4 is 4.72 Å². The molecule has 0 aliphatic rings. The standard InChI is InChI=1S/C13H10ClN3O2S/c14-10-4-1-2-6-12(10)20(18,19)16-11-5-3-8-17-9-7-15-13(11)17/h1-9,16H. The first-order valence-corrected chi connectivity index (χ1v) is 7.63. The Labute approximate surface area is 120 Å². The number of rotatable bonds is 3. The summed E-state index contributed by atoms with van der Waals surface area (Å²) in [5, 5.41) is 0.176. The highest BCUT2D eigenvalue weighted by molar-refractivity contribution is 7.92. The van der Waals surface area contributed by atoms with Crippen molar-refractivity contribution in [1.82, 2.24) is 9.38 Å². The molecule has 3 rings (SSSR count). The van der Waals surface area contributed by atoms with Crippen molar-refractivity contribution in [1.29, 1.82) is 0 Å². The van der Waals surface area contributed by atoms with Crippen molar-refractivity contribution in [3.63, 3.8) is 0 Å². The number of halogens is 1. The van der Waals surface area contributed by atoms with Crippen LogP contribution in [0.3, 0.4) is 0 Å². The van der Waals surface area contributed by atoms with Gasteiger partial charge in [-0.2, -0.15) is 0 Å². The number of sulfonamides is 1. The maximum absolute atomic E-state index is 12.4. The van der Waals surface area contributed by atoms with Gasteiger partial charge in [0.2, 0.25) is 0 Å². The molecule has 0 spiro atoms. The second-order valence-electron chi connectivity index (χ2n) is 4.12. The number of aromatic nitrogens is 2. The van der Waals surface area contributed by atoms with Crippen molar-refractivity contribution in [2.75, 3.05) is 4.72 Å². The number of nitrogens with zero attached hydrogens (tertiary/aromatic N) is 2. The molecule has 5 nitrogen and oxygen atoms in total. The summed E-state index contributed by atoms with van der Waals surface area (Å²) in [5.41, 5.74) is 0.931. The fourth-order valence-electron chi connectivity index (χ4n) is 1.89. The topological polar surface area (TPSA) is 63.5 Å². The van der Waals surface area contributed by atoms with E-state index in [0.717, 1.165) is 0 Å². The average Bonchev–Trinajstić information content (AvgIpc) is 2.88. The first-order chi connectivity index (χ1) is 9.58. The molecule has 0 fully saturated rings. The molecule has 0 aliphatic carbocycles. The maximum Gasteiger partial charge on any atom is 0.263 e. The van der Waals surface area contributed by atoms with E-state index in [0.29, 0.717) is 11.3 Å². The monoisotopic (exact) mass is 307 g/mol. The van der Waals surface area contributed by atoms with E-state index in [1.54, 1.807) is 47.3 Å². The van der Waals surface area contributed by atoms with Crippen molar-refractivity contribution < 1.29 is 8.42 Å². The van der Waals surface area contributed by atoms with Crippen LogP contribution in [-0.2, 0) is 10.0 Å². The quantitative estimate of drug-likeness (QED) is 0.809. The molecule has 2 aromatic heterocycles. The van der Waals surface area contributed by atoms with Crippen LogP contribution in [0.5, 0.6) is 0 Å². The summed E-state index contributed by atoms with van der Waals surface area (Å²) < 4.78 is 28.9. The van der Waals surface area contributed by atoms with Crippen molar-refractivity contribution in [2.45, 2.75) is 4.90 Å². The molecule has 0 aliphatic heterocycles. The van der Waals surface area contributed by atoms with Gasteiger partial charge in [0.1, 0.15) is 4.90 Å². The van der Waals surface area contributed by atoms with E-state index in [1.807, 2.05) is 0 Å². The lowest BCUT2D eigenvalue weighted by Crippen LogP contribution is -2.14. The van der Waals surface area contributed by atoms with E-state index in [4.69, 9.17) is 11.6 Å². The van der Waals surface area contributed by atoms with E-state index in [-0.39, 0.29) is 9.92 Å². The molecule has 3 aromatic rings. The van der Waals surface area contributed by atoms with E-state index >= 15 is 0 Å². The van der Waals surface area contributed by atoms with Gasteiger partial charge in [-0.3, -0.25) is 4.72 Å². The van der Waals surface area contributed by atoms with Gasteiger partial charge in [-0.25, -0.2) is 13.4 Å². The number of benzene rings is 1. The van der Waals surface area contributed by atoms with Gasteiger partial charge in [-0.15, -0.1) is 0 Å². The Morgan fingerprint density at radius 2 is 1.90 bits per heavy atom. The molecular weight excluding hydrogens is 298 g/mol. The Morgan fingerprint density at radius 3 is 2.70 bits per heavy atom. The number of hydrogen-bond donors (Lipinski definition) is 1. The second-order valence-corrected chi connectivity index (χ2v) is 6.17. The van der Waals surface area contributed by atoms with Crippen LogP contribution in [0, 0.1) is 0 Å². The zero-order valence-corrected chi connectivity index (χ0v) is 11.8. The smallest absolute Gasteiger partial charge is 0.263 e. The summed E-state index contributed by atoms with van der Waals surface area (Å²) >= 11 is 5.93. The molecule has 1 N–H and O–H groups in total. The Morgan fingerprint density at radius 1 is 1.10 bits per heavy atom. The molecule has 0 saturated heterocycles. The molecule has 20 heavy (non-hydrogen) atoms. The molecule has 1 aromatic carbocycles. The first kappa shape index (κ1) is 13.0. The number of anilines is 1. The van der Waals surface area contributed by atoms with Gasteiger partial charge < -0.3 is 4.40 Å². The van der Waals surface area contributed by atoms with Gasteiger partial charge >= 0.3 is 0 Å². The van der Waals surface area contributed by atoms with E-state index in [9.17, 15) is 8.42 Å². The molecule has 0 radical (unpaired) electrons. The largest absolute Gasteiger partial charge is 0.305 e. The number of fused-ring (bicyclic) bond motifs is 1. The summed E-state index contributed by atoms with van der Waals surface area (Å²) in [5.74, 6) is 0. The van der Waals surface area contributed by atoms with E-state index in [2.05, 4.69) is 9.71 Å². The van der Waals surface area contributed by atoms with Gasteiger partial charge in [0, 0.05) is 18.6 Å². The van der Waals surface area contributed by atoms with Gasteiger partial charge in [0.05, 0.1) is 10.7 Å². The highest BCUT2D eigenvalue weighted by atomic mass is 35.5. The lowest BCUT2D eigenvalue weighted by atomic mass is 10.4. The van der Waals surface area contributed by atoms with Crippen LogP contribution in [0.15, 0.2) is 59.9 Å². The zero-order chi connectivity index (χ0) is 14.2. The Balaban J connectivity index is 2.06. The fourth-order valence-corrected chi connectivity index (χ4v) is 3.47. The third-order valence-corrected chi connectivity index (χ3v) is 4.65. The van der Waals surface area contributed by atoms with E-state index < -0.39 is 10.0 Å². The highest BCUT2D eigenvalue weighted by Crippen LogP contribution is 2.24. The molecule has 2 heterocycles. The summed E-state index contributed by atoms with van der Waals surface area (Å²) in [7, 11) is -3.75. The molecule has 0 unspecified atom stereocenters. The van der Waals surface area contributed by atoms with Crippen LogP contribution in [-0.4, -0.2) is 17.8 Å². The summed E-state index contributed by atoms with van der Waals surface area (Å²) in [6.07, 6.45) is 5.13. The van der Waals surface area contributed by atoms with Crippen LogP contribution >= 0.6 is 11.6 Å². The fraction of sp³-hybridized carbons (Fsp3) is 0. The van der Waals surface area contributed by atoms with Crippen molar-refractivity contribution in [3.8, 4) is 0 Å². The number of imidazole rings is 1. The lowest BCUT2D eigenvalue weighted by Gasteiger charge is -2.10. The van der Waals surface area contributed by atoms with Crippen LogP contribution in [0.4, 0.5) is 5.69 Å². The minimum atomic E-state index is -3.75. The van der Waals surface area contributed by atoms with Gasteiger partial charge in [0.25, 0.3) is 10.0 Å². The van der Waals surface area contributed by atoms with Crippen molar-refractivity contribution in [2.24, 2.45) is 0 Å². The van der Waals surface area contributed by atoms with Crippen LogP contribution in [0.1, 0.15) is 0 Å². The minimum Gasteiger partial charge on any atom is -0.305 e. The number of nitrogens with one attached hydrogen (secondary N) is 1. The predicted octanol–water partition coefficient (Wildman–Crippen LogP) is 2.79. The number of pyridine rings is 1. The van der Waals surface area contributed by atoms with Crippen molar-refractivity contribution >= 4 is 33.0 Å². The van der Waals surface area contributed by atoms with Gasteiger partial charge in [0.15, 0.2) is 5.65 Å². The molecule has 0 saturated carbocycles. The van der Waals surface area contributed by atoms with Crippen LogP contribution in [0.2, 0.25) is 5.02 Å². The molecule has 7 heteroatoms. The Hall–Kier alpha value is -2.05. The molecule has 0 bridgehead atoms. The van der Waals surface area contributed by atoms with Gasteiger partial charge in [-0.05, 0) is 24.3 Å². The maximum atomic E-state index is 12.4. The SMILES string of the molecule is O=S(=O)(Nc1cccn2ccnc12)c1ccccc1Cl. The highest BCUT2D eigenvalue weighted by Gasteiger charge is 2.18. The summed E-state index contributed by atoms with van der Waals surface area (Å²) in [6.45, 7) is 0. The van der Waals surface area contributed by atoms with Crippen molar-refractivity contribution in [3.05, 3.63) is 60.0 Å². The molecule has 0 amide bonds. The Kier molecular flexibility index (Phi) is 3.11. The zero-order valence-electron chi connectivity index (χ0n) is 10.2. The molecule has 102 valence electrons.